The van der Waals surface area contributed by atoms with E-state index in [1.807, 2.05) is 0 Å². The van der Waals surface area contributed by atoms with Crippen LogP contribution in [-0.2, 0) is 19.6 Å². The third kappa shape index (κ3) is 4.08. The van der Waals surface area contributed by atoms with Crippen LogP contribution in [0.4, 0.5) is 0 Å². The minimum atomic E-state index is -3.35. The van der Waals surface area contributed by atoms with E-state index in [1.165, 1.54) is 36.2 Å². The van der Waals surface area contributed by atoms with Crippen molar-refractivity contribution in [1.82, 2.24) is 4.31 Å². The molecule has 0 spiro atoms. The zero-order valence-electron chi connectivity index (χ0n) is 14.1. The summed E-state index contributed by atoms with van der Waals surface area (Å²) in [5.74, 6) is 1.20. The van der Waals surface area contributed by atoms with Gasteiger partial charge in [-0.2, -0.15) is 4.31 Å². The van der Waals surface area contributed by atoms with Crippen LogP contribution in [0, 0.1) is 11.8 Å². The second kappa shape index (κ2) is 7.09. The molecule has 3 fully saturated rings. The van der Waals surface area contributed by atoms with Crippen LogP contribution in [0.1, 0.15) is 64.2 Å². The second-order valence-corrected chi connectivity index (χ2v) is 9.50. The summed E-state index contributed by atoms with van der Waals surface area (Å²) in [6.07, 6.45) is 11.8. The molecule has 2 saturated carbocycles. The van der Waals surface area contributed by atoms with Gasteiger partial charge in [-0.1, -0.05) is 25.7 Å². The normalized spacial score (nSPS) is 36.2. The molecule has 6 heteroatoms. The molecular weight excluding hydrogens is 314 g/mol. The van der Waals surface area contributed by atoms with Gasteiger partial charge in [0, 0.05) is 6.54 Å². The van der Waals surface area contributed by atoms with E-state index in [4.69, 9.17) is 4.74 Å². The predicted octanol–water partition coefficient (Wildman–Crippen LogP) is 2.70. The molecule has 23 heavy (non-hydrogen) atoms. The number of rotatable bonds is 3. The van der Waals surface area contributed by atoms with Crippen molar-refractivity contribution in [1.29, 1.82) is 0 Å². The van der Waals surface area contributed by atoms with Crippen LogP contribution >= 0.6 is 0 Å². The van der Waals surface area contributed by atoms with Crippen LogP contribution in [0.25, 0.3) is 0 Å². The number of ether oxygens (including phenoxy) is 1. The van der Waals surface area contributed by atoms with Gasteiger partial charge < -0.3 is 4.74 Å². The highest BCUT2D eigenvalue weighted by atomic mass is 32.2. The molecule has 132 valence electrons. The highest BCUT2D eigenvalue weighted by molar-refractivity contribution is 7.88. The van der Waals surface area contributed by atoms with E-state index in [1.54, 1.807) is 0 Å². The Kier molecular flexibility index (Phi) is 5.31. The zero-order chi connectivity index (χ0) is 16.4. The van der Waals surface area contributed by atoms with Crippen molar-refractivity contribution in [3.63, 3.8) is 0 Å². The highest BCUT2D eigenvalue weighted by Crippen LogP contribution is 2.41. The molecule has 2 aliphatic carbocycles. The van der Waals surface area contributed by atoms with Crippen LogP contribution < -0.4 is 0 Å². The molecule has 1 heterocycles. The number of fused-ring (bicyclic) bond motifs is 1. The summed E-state index contributed by atoms with van der Waals surface area (Å²) in [4.78, 5) is 12.6. The van der Waals surface area contributed by atoms with E-state index in [0.717, 1.165) is 38.0 Å². The first-order valence-corrected chi connectivity index (χ1v) is 11.0. The first-order valence-electron chi connectivity index (χ1n) is 9.12. The molecule has 3 aliphatic rings. The summed E-state index contributed by atoms with van der Waals surface area (Å²) in [6.45, 7) is 0.438. The Balaban J connectivity index is 1.59. The minimum Gasteiger partial charge on any atom is -0.461 e. The monoisotopic (exact) mass is 343 g/mol. The standard InChI is InChI=1S/C17H29NO4S/c1-23(20,21)18-11-5-4-8-16(18)17(19)22-15-10-9-13-6-2-3-7-14(13)12-15/h13-16H,2-12H2,1H3/t13-,14-,15-,16-/m1/s1. The third-order valence-corrected chi connectivity index (χ3v) is 7.22. The Morgan fingerprint density at radius 1 is 0.957 bits per heavy atom. The first-order chi connectivity index (χ1) is 10.9. The Hall–Kier alpha value is -0.620. The van der Waals surface area contributed by atoms with Crippen LogP contribution in [-0.4, -0.2) is 43.6 Å². The lowest BCUT2D eigenvalue weighted by atomic mass is 9.70. The molecule has 5 nitrogen and oxygen atoms in total. The van der Waals surface area contributed by atoms with Crippen LogP contribution in [0.2, 0.25) is 0 Å². The molecule has 1 saturated heterocycles. The molecule has 0 unspecified atom stereocenters. The fraction of sp³-hybridized carbons (Fsp3) is 0.941. The van der Waals surface area contributed by atoms with Gasteiger partial charge in [0.1, 0.15) is 12.1 Å². The lowest BCUT2D eigenvalue weighted by Gasteiger charge is -2.40. The second-order valence-electron chi connectivity index (χ2n) is 7.56. The van der Waals surface area contributed by atoms with Crippen LogP contribution in [0.15, 0.2) is 0 Å². The molecule has 1 aliphatic heterocycles. The molecule has 0 radical (unpaired) electrons. The number of piperidine rings is 1. The fourth-order valence-corrected chi connectivity index (χ4v) is 5.83. The quantitative estimate of drug-likeness (QED) is 0.739. The molecule has 0 N–H and O–H groups in total. The van der Waals surface area contributed by atoms with Crippen molar-refractivity contribution in [2.24, 2.45) is 11.8 Å². The SMILES string of the molecule is CS(=O)(=O)N1CCCC[C@@H]1C(=O)O[C@@H]1CC[C@H]2CCCC[C@@H]2C1. The predicted molar refractivity (Wildman–Crippen MR) is 88.4 cm³/mol. The van der Waals surface area contributed by atoms with Gasteiger partial charge in [0.05, 0.1) is 6.26 Å². The number of hydrogen-bond donors (Lipinski definition) is 0. The van der Waals surface area contributed by atoms with E-state index in [-0.39, 0.29) is 12.1 Å². The minimum absolute atomic E-state index is 0.00909. The topological polar surface area (TPSA) is 63.7 Å². The summed E-state index contributed by atoms with van der Waals surface area (Å²) < 4.78 is 30.9. The van der Waals surface area contributed by atoms with Gasteiger partial charge in [-0.3, -0.25) is 4.79 Å². The number of esters is 1. The van der Waals surface area contributed by atoms with Gasteiger partial charge >= 0.3 is 5.97 Å². The number of carbonyl (C=O) groups is 1. The fourth-order valence-electron chi connectivity index (χ4n) is 4.72. The molecular formula is C17H29NO4S. The number of hydrogen-bond acceptors (Lipinski definition) is 4. The van der Waals surface area contributed by atoms with Crippen LogP contribution in [0.5, 0.6) is 0 Å². The van der Waals surface area contributed by atoms with Crippen molar-refractivity contribution in [3.05, 3.63) is 0 Å². The van der Waals surface area contributed by atoms with E-state index in [0.29, 0.717) is 18.9 Å². The maximum absolute atomic E-state index is 12.6. The van der Waals surface area contributed by atoms with Gasteiger partial charge in [0.25, 0.3) is 0 Å². The van der Waals surface area contributed by atoms with Crippen molar-refractivity contribution in [3.8, 4) is 0 Å². The lowest BCUT2D eigenvalue weighted by molar-refractivity contribution is -0.158. The van der Waals surface area contributed by atoms with E-state index in [9.17, 15) is 13.2 Å². The average molecular weight is 343 g/mol. The van der Waals surface area contributed by atoms with E-state index < -0.39 is 16.1 Å². The first kappa shape index (κ1) is 17.2. The largest absolute Gasteiger partial charge is 0.461 e. The summed E-state index contributed by atoms with van der Waals surface area (Å²) in [7, 11) is -3.35. The van der Waals surface area contributed by atoms with E-state index >= 15 is 0 Å². The molecule has 0 aromatic heterocycles. The summed E-state index contributed by atoms with van der Waals surface area (Å²) in [6, 6.07) is -0.608. The summed E-state index contributed by atoms with van der Waals surface area (Å²) >= 11 is 0. The van der Waals surface area contributed by atoms with Gasteiger partial charge in [-0.15, -0.1) is 0 Å². The number of sulfonamides is 1. The maximum atomic E-state index is 12.6. The zero-order valence-corrected chi connectivity index (χ0v) is 14.9. The van der Waals surface area contributed by atoms with Crippen molar-refractivity contribution in [2.45, 2.75) is 76.4 Å². The molecule has 0 aromatic carbocycles. The average Bonchev–Trinajstić information content (AvgIpc) is 2.54. The van der Waals surface area contributed by atoms with Crippen LogP contribution in [0.3, 0.4) is 0 Å². The van der Waals surface area contributed by atoms with Gasteiger partial charge in [-0.05, 0) is 50.4 Å². The summed E-state index contributed by atoms with van der Waals surface area (Å²) in [5, 5.41) is 0. The van der Waals surface area contributed by atoms with Crippen molar-refractivity contribution < 1.29 is 17.9 Å². The highest BCUT2D eigenvalue weighted by Gasteiger charge is 2.38. The molecule has 0 aromatic rings. The van der Waals surface area contributed by atoms with E-state index in [2.05, 4.69) is 0 Å². The smallest absolute Gasteiger partial charge is 0.324 e. The van der Waals surface area contributed by atoms with Crippen molar-refractivity contribution >= 4 is 16.0 Å². The third-order valence-electron chi connectivity index (χ3n) is 5.93. The Labute approximate surface area is 139 Å². The van der Waals surface area contributed by atoms with Gasteiger partial charge in [-0.25, -0.2) is 8.42 Å². The molecule has 3 rings (SSSR count). The Morgan fingerprint density at radius 3 is 2.39 bits per heavy atom. The lowest BCUT2D eigenvalue weighted by Crippen LogP contribution is -2.49. The Bertz CT molecular complexity index is 533. The molecule has 0 amide bonds. The molecule has 0 bridgehead atoms. The van der Waals surface area contributed by atoms with Gasteiger partial charge in [0.2, 0.25) is 10.0 Å². The van der Waals surface area contributed by atoms with Gasteiger partial charge in [0.15, 0.2) is 0 Å². The number of carbonyl (C=O) groups excluding carboxylic acids is 1. The molecule has 4 atom stereocenters. The van der Waals surface area contributed by atoms with Crippen molar-refractivity contribution in [2.75, 3.05) is 12.8 Å². The Morgan fingerprint density at radius 2 is 1.65 bits per heavy atom. The number of nitrogens with zero attached hydrogens (tertiary/aromatic N) is 1. The summed E-state index contributed by atoms with van der Waals surface area (Å²) in [5.41, 5.74) is 0. The maximum Gasteiger partial charge on any atom is 0.324 e.